The van der Waals surface area contributed by atoms with Crippen LogP contribution in [0.4, 0.5) is 11.4 Å². The number of carbonyl (C=O) groups is 2. The zero-order valence-electron chi connectivity index (χ0n) is 27.3. The number of carbonyl (C=O) groups excluding carboxylic acids is 2. The van der Waals surface area contributed by atoms with E-state index >= 15 is 0 Å². The van der Waals surface area contributed by atoms with Gasteiger partial charge < -0.3 is 30.1 Å². The molecule has 0 saturated carbocycles. The minimum absolute atomic E-state index is 0.0199. The summed E-state index contributed by atoms with van der Waals surface area (Å²) in [6.45, 7) is 12.1. The Labute approximate surface area is 271 Å². The summed E-state index contributed by atoms with van der Waals surface area (Å²) in [7, 11) is 0. The molecule has 2 heterocycles. The summed E-state index contributed by atoms with van der Waals surface area (Å²) < 4.78 is 5.18. The molecule has 0 bridgehead atoms. The first kappa shape index (κ1) is 32.9. The van der Waals surface area contributed by atoms with E-state index in [1.807, 2.05) is 72.8 Å². The second-order valence-electron chi connectivity index (χ2n) is 11.9. The number of anilines is 2. The summed E-state index contributed by atoms with van der Waals surface area (Å²) in [5.41, 5.74) is 3.34. The quantitative estimate of drug-likeness (QED) is 0.184. The van der Waals surface area contributed by atoms with Crippen LogP contribution in [0, 0.1) is 19.8 Å². The van der Waals surface area contributed by atoms with Crippen molar-refractivity contribution in [3.63, 3.8) is 0 Å². The Morgan fingerprint density at radius 1 is 0.935 bits per heavy atom. The molecule has 4 aromatic rings. The average molecular weight is 624 g/mol. The van der Waals surface area contributed by atoms with Crippen LogP contribution >= 0.6 is 0 Å². The highest BCUT2D eigenvalue weighted by molar-refractivity contribution is 6.07. The van der Waals surface area contributed by atoms with Crippen LogP contribution in [-0.2, 0) is 5.60 Å². The number of likely N-dealkylation sites (N-methyl/N-ethyl adjacent to an activating group) is 1. The van der Waals surface area contributed by atoms with Crippen molar-refractivity contribution in [1.29, 1.82) is 0 Å². The van der Waals surface area contributed by atoms with Gasteiger partial charge in [-0.2, -0.15) is 0 Å². The van der Waals surface area contributed by atoms with Crippen LogP contribution in [0.2, 0.25) is 0 Å². The standard InChI is InChI=1S/C37H45N5O4/c1-5-41(6-2)24-21-38-35(43)32-25-31(39-36(44)34-26(3)40-46-27(34)4)17-18-33(32)42-22-19-30(20-23-42)37(45,28-13-9-7-10-14-28)29-15-11-8-12-16-29/h7-18,25,30,45H,5-6,19-24H2,1-4H3,(H,38,43)(H,39,44). The third-order valence-electron chi connectivity index (χ3n) is 9.22. The van der Waals surface area contributed by atoms with Gasteiger partial charge in [0.25, 0.3) is 11.8 Å². The molecule has 0 aliphatic carbocycles. The van der Waals surface area contributed by atoms with Crippen LogP contribution in [0.25, 0.3) is 0 Å². The van der Waals surface area contributed by atoms with E-state index in [4.69, 9.17) is 4.52 Å². The van der Waals surface area contributed by atoms with Gasteiger partial charge in [0.15, 0.2) is 0 Å². The van der Waals surface area contributed by atoms with Crippen molar-refractivity contribution in [2.45, 2.75) is 46.1 Å². The van der Waals surface area contributed by atoms with Crippen molar-refractivity contribution in [1.82, 2.24) is 15.4 Å². The number of hydrogen-bond donors (Lipinski definition) is 3. The largest absolute Gasteiger partial charge is 0.380 e. The van der Waals surface area contributed by atoms with E-state index in [9.17, 15) is 14.7 Å². The van der Waals surface area contributed by atoms with Crippen molar-refractivity contribution >= 4 is 23.2 Å². The smallest absolute Gasteiger partial charge is 0.261 e. The number of hydrogen-bond acceptors (Lipinski definition) is 7. The van der Waals surface area contributed by atoms with Gasteiger partial charge in [-0.3, -0.25) is 9.59 Å². The molecule has 1 fully saturated rings. The molecule has 9 nitrogen and oxygen atoms in total. The molecule has 1 saturated heterocycles. The van der Waals surface area contributed by atoms with Gasteiger partial charge >= 0.3 is 0 Å². The number of aryl methyl sites for hydroxylation is 2. The lowest BCUT2D eigenvalue weighted by Gasteiger charge is -2.43. The predicted molar refractivity (Wildman–Crippen MR) is 181 cm³/mol. The van der Waals surface area contributed by atoms with Crippen LogP contribution in [-0.4, -0.2) is 66.2 Å². The molecule has 0 spiro atoms. The number of rotatable bonds is 12. The van der Waals surface area contributed by atoms with Crippen LogP contribution in [0.5, 0.6) is 0 Å². The second kappa shape index (κ2) is 14.7. The summed E-state index contributed by atoms with van der Waals surface area (Å²) in [6, 6.07) is 25.3. The number of amides is 2. The molecule has 5 rings (SSSR count). The maximum atomic E-state index is 13.7. The van der Waals surface area contributed by atoms with Crippen molar-refractivity contribution in [3.8, 4) is 0 Å². The molecule has 0 radical (unpaired) electrons. The highest BCUT2D eigenvalue weighted by atomic mass is 16.5. The van der Waals surface area contributed by atoms with Crippen LogP contribution in [0.15, 0.2) is 83.4 Å². The van der Waals surface area contributed by atoms with Gasteiger partial charge in [-0.05, 0) is 75.0 Å². The van der Waals surface area contributed by atoms with Gasteiger partial charge in [0.1, 0.15) is 16.9 Å². The number of benzene rings is 3. The molecule has 9 heteroatoms. The Hall–Kier alpha value is -4.47. The van der Waals surface area contributed by atoms with E-state index in [1.165, 1.54) is 0 Å². The first-order valence-corrected chi connectivity index (χ1v) is 16.2. The molecule has 0 atom stereocenters. The van der Waals surface area contributed by atoms with Gasteiger partial charge in [0.05, 0.1) is 11.3 Å². The second-order valence-corrected chi connectivity index (χ2v) is 11.9. The van der Waals surface area contributed by atoms with Gasteiger partial charge in [0, 0.05) is 37.6 Å². The van der Waals surface area contributed by atoms with E-state index in [0.29, 0.717) is 47.9 Å². The zero-order valence-corrected chi connectivity index (χ0v) is 27.3. The van der Waals surface area contributed by atoms with Gasteiger partial charge in [-0.15, -0.1) is 0 Å². The van der Waals surface area contributed by atoms with Crippen molar-refractivity contribution in [3.05, 3.63) is 113 Å². The lowest BCUT2D eigenvalue weighted by Crippen LogP contribution is -2.45. The fourth-order valence-electron chi connectivity index (χ4n) is 6.60. The lowest BCUT2D eigenvalue weighted by molar-refractivity contribution is 0.00504. The Bertz CT molecular complexity index is 1550. The molecule has 46 heavy (non-hydrogen) atoms. The third kappa shape index (κ3) is 7.00. The number of aromatic nitrogens is 1. The highest BCUT2D eigenvalue weighted by Crippen LogP contribution is 2.43. The molecule has 1 aliphatic heterocycles. The maximum absolute atomic E-state index is 13.7. The van der Waals surface area contributed by atoms with E-state index in [-0.39, 0.29) is 17.7 Å². The molecule has 1 aliphatic rings. The molecule has 1 aromatic heterocycles. The number of aliphatic hydroxyl groups is 1. The zero-order chi connectivity index (χ0) is 32.7. The lowest BCUT2D eigenvalue weighted by atomic mass is 9.72. The van der Waals surface area contributed by atoms with E-state index in [2.05, 4.69) is 39.4 Å². The summed E-state index contributed by atoms with van der Waals surface area (Å²) in [4.78, 5) is 31.3. The van der Waals surface area contributed by atoms with Crippen molar-refractivity contribution < 1.29 is 19.2 Å². The van der Waals surface area contributed by atoms with Gasteiger partial charge in [-0.25, -0.2) is 0 Å². The Balaban J connectivity index is 1.39. The van der Waals surface area contributed by atoms with Gasteiger partial charge in [-0.1, -0.05) is 79.7 Å². The molecule has 2 amide bonds. The molecule has 0 unspecified atom stereocenters. The van der Waals surface area contributed by atoms with E-state index in [1.54, 1.807) is 19.9 Å². The number of nitrogens with zero attached hydrogens (tertiary/aromatic N) is 3. The van der Waals surface area contributed by atoms with Gasteiger partial charge in [0.2, 0.25) is 0 Å². The first-order chi connectivity index (χ1) is 22.3. The highest BCUT2D eigenvalue weighted by Gasteiger charge is 2.41. The number of nitrogens with one attached hydrogen (secondary N) is 2. The third-order valence-corrected chi connectivity index (χ3v) is 9.22. The molecule has 3 N–H and O–H groups in total. The summed E-state index contributed by atoms with van der Waals surface area (Å²) in [5.74, 6) is -0.107. The van der Waals surface area contributed by atoms with Crippen LogP contribution < -0.4 is 15.5 Å². The minimum Gasteiger partial charge on any atom is -0.380 e. The SMILES string of the molecule is CCN(CC)CCNC(=O)c1cc(NC(=O)c2c(C)noc2C)ccc1N1CCC(C(O)(c2ccccc2)c2ccccc2)CC1. The maximum Gasteiger partial charge on any atom is 0.261 e. The summed E-state index contributed by atoms with van der Waals surface area (Å²) >= 11 is 0. The van der Waals surface area contributed by atoms with Crippen molar-refractivity contribution in [2.75, 3.05) is 49.5 Å². The van der Waals surface area contributed by atoms with Crippen LogP contribution in [0.3, 0.4) is 0 Å². The fourth-order valence-corrected chi connectivity index (χ4v) is 6.60. The molecular weight excluding hydrogens is 578 g/mol. The summed E-state index contributed by atoms with van der Waals surface area (Å²) in [5, 5.41) is 22.3. The predicted octanol–water partition coefficient (Wildman–Crippen LogP) is 5.77. The fraction of sp³-hybridized carbons (Fsp3) is 0.378. The Morgan fingerprint density at radius 3 is 2.09 bits per heavy atom. The van der Waals surface area contributed by atoms with E-state index in [0.717, 1.165) is 49.3 Å². The van der Waals surface area contributed by atoms with E-state index < -0.39 is 5.60 Å². The minimum atomic E-state index is -1.13. The molecule has 3 aromatic carbocycles. The number of piperidine rings is 1. The average Bonchev–Trinajstić information content (AvgIpc) is 3.44. The normalized spacial score (nSPS) is 14.0. The Kier molecular flexibility index (Phi) is 10.6. The van der Waals surface area contributed by atoms with Crippen molar-refractivity contribution in [2.24, 2.45) is 5.92 Å². The monoisotopic (exact) mass is 623 g/mol. The summed E-state index contributed by atoms with van der Waals surface area (Å²) in [6.07, 6.45) is 1.46. The topological polar surface area (TPSA) is 111 Å². The van der Waals surface area contributed by atoms with Crippen LogP contribution in [0.1, 0.15) is 70.0 Å². The Morgan fingerprint density at radius 2 is 1.54 bits per heavy atom. The first-order valence-electron chi connectivity index (χ1n) is 16.2. The molecular formula is C37H45N5O4. The molecule has 242 valence electrons.